The van der Waals surface area contributed by atoms with E-state index in [0.717, 1.165) is 31.8 Å². The number of aromatic nitrogens is 1. The van der Waals surface area contributed by atoms with Gasteiger partial charge in [0.15, 0.2) is 5.78 Å². The van der Waals surface area contributed by atoms with Gasteiger partial charge in [-0.05, 0) is 44.5 Å². The Bertz CT molecular complexity index is 907. The number of hydrogen-bond acceptors (Lipinski definition) is 6. The van der Waals surface area contributed by atoms with E-state index in [9.17, 15) is 9.59 Å². The van der Waals surface area contributed by atoms with Gasteiger partial charge in [-0.15, -0.1) is 34.0 Å². The number of thiophene rings is 2. The second kappa shape index (κ2) is 8.70. The third-order valence-electron chi connectivity index (χ3n) is 3.82. The summed E-state index contributed by atoms with van der Waals surface area (Å²) in [6.45, 7) is 4.56. The molecule has 0 aromatic carbocycles. The topological polar surface area (TPSA) is 59.1 Å². The number of ketones is 1. The molecule has 0 bridgehead atoms. The van der Waals surface area contributed by atoms with Crippen molar-refractivity contribution in [3.05, 3.63) is 49.3 Å². The van der Waals surface area contributed by atoms with Gasteiger partial charge in [0.05, 0.1) is 20.5 Å². The molecule has 1 N–H and O–H groups in total. The molecule has 0 fully saturated rings. The Hall–Kier alpha value is -1.83. The molecule has 0 atom stereocenters. The molecule has 3 heterocycles. The van der Waals surface area contributed by atoms with Crippen LogP contribution in [0.1, 0.15) is 37.3 Å². The van der Waals surface area contributed by atoms with Crippen LogP contribution in [0.5, 0.6) is 0 Å². The van der Waals surface area contributed by atoms with Crippen molar-refractivity contribution in [2.24, 2.45) is 0 Å². The fourth-order valence-electron chi connectivity index (χ4n) is 2.47. The van der Waals surface area contributed by atoms with Gasteiger partial charge in [0.2, 0.25) is 5.91 Å². The third kappa shape index (κ3) is 5.09. The minimum absolute atomic E-state index is 0.0414. The highest BCUT2D eigenvalue weighted by atomic mass is 32.1. The smallest absolute Gasteiger partial charge is 0.220 e. The van der Waals surface area contributed by atoms with E-state index in [-0.39, 0.29) is 24.5 Å². The van der Waals surface area contributed by atoms with Crippen molar-refractivity contribution in [3.8, 4) is 10.6 Å². The van der Waals surface area contributed by atoms with E-state index in [2.05, 4.69) is 27.8 Å². The van der Waals surface area contributed by atoms with Gasteiger partial charge < -0.3 is 5.32 Å². The molecule has 7 heteroatoms. The number of thiazole rings is 1. The van der Waals surface area contributed by atoms with Crippen molar-refractivity contribution >= 4 is 45.7 Å². The fourth-order valence-corrected chi connectivity index (χ4v) is 4.97. The number of amides is 1. The number of carbonyl (C=O) groups excluding carboxylic acids is 2. The molecule has 0 aliphatic rings. The highest BCUT2D eigenvalue weighted by Crippen LogP contribution is 2.29. The summed E-state index contributed by atoms with van der Waals surface area (Å²) in [6.07, 6.45) is 1.29. The molecule has 0 saturated heterocycles. The highest BCUT2D eigenvalue weighted by Gasteiger charge is 2.11. The molecule has 0 aliphatic heterocycles. The van der Waals surface area contributed by atoms with Gasteiger partial charge in [-0.1, -0.05) is 0 Å². The number of Topliss-reactive ketones (excluding diaryl/α,β-unsaturated/α-hetero) is 1. The van der Waals surface area contributed by atoms with E-state index in [4.69, 9.17) is 0 Å². The van der Waals surface area contributed by atoms with E-state index < -0.39 is 0 Å². The average molecular weight is 405 g/mol. The lowest BCUT2D eigenvalue weighted by molar-refractivity contribution is -0.121. The Balaban J connectivity index is 1.40. The second-order valence-corrected chi connectivity index (χ2v) is 9.47. The van der Waals surface area contributed by atoms with E-state index in [1.54, 1.807) is 22.7 Å². The predicted octanol–water partition coefficient (Wildman–Crippen LogP) is 4.87. The molecule has 0 aliphatic carbocycles. The lowest BCUT2D eigenvalue weighted by atomic mass is 10.2. The first-order valence-corrected chi connectivity index (χ1v) is 10.9. The molecule has 0 radical (unpaired) electrons. The highest BCUT2D eigenvalue weighted by molar-refractivity contribution is 7.16. The summed E-state index contributed by atoms with van der Waals surface area (Å²) in [5, 5.41) is 6.03. The first-order valence-electron chi connectivity index (χ1n) is 8.39. The largest absolute Gasteiger partial charge is 0.356 e. The summed E-state index contributed by atoms with van der Waals surface area (Å²) in [5.74, 6) is -0.0294. The average Bonchev–Trinajstić information content (AvgIpc) is 3.34. The van der Waals surface area contributed by atoms with E-state index in [1.807, 2.05) is 26.0 Å². The summed E-state index contributed by atoms with van der Waals surface area (Å²) in [5.41, 5.74) is 1.02. The lowest BCUT2D eigenvalue weighted by Gasteiger charge is -2.03. The second-order valence-electron chi connectivity index (χ2n) is 5.95. The molecular weight excluding hydrogens is 384 g/mol. The van der Waals surface area contributed by atoms with Crippen LogP contribution in [0.4, 0.5) is 0 Å². The van der Waals surface area contributed by atoms with Crippen molar-refractivity contribution in [2.45, 2.75) is 33.1 Å². The Labute approximate surface area is 164 Å². The minimum Gasteiger partial charge on any atom is -0.356 e. The first kappa shape index (κ1) is 18.9. The van der Waals surface area contributed by atoms with Gasteiger partial charge >= 0.3 is 0 Å². The van der Waals surface area contributed by atoms with Crippen LogP contribution in [0.3, 0.4) is 0 Å². The summed E-state index contributed by atoms with van der Waals surface area (Å²) < 4.78 is 0. The zero-order chi connectivity index (χ0) is 18.5. The van der Waals surface area contributed by atoms with Crippen LogP contribution in [-0.4, -0.2) is 23.2 Å². The fraction of sp³-hybridized carbons (Fsp3) is 0.316. The maximum atomic E-state index is 12.0. The predicted molar refractivity (Wildman–Crippen MR) is 109 cm³/mol. The normalized spacial score (nSPS) is 10.8. The zero-order valence-electron chi connectivity index (χ0n) is 14.7. The molecule has 3 rings (SSSR count). The Kier molecular flexibility index (Phi) is 6.34. The monoisotopic (exact) mass is 404 g/mol. The van der Waals surface area contributed by atoms with Gasteiger partial charge in [0, 0.05) is 34.5 Å². The van der Waals surface area contributed by atoms with Gasteiger partial charge in [-0.2, -0.15) is 0 Å². The Morgan fingerprint density at radius 2 is 1.92 bits per heavy atom. The number of nitrogens with zero attached hydrogens (tertiary/aromatic N) is 1. The lowest BCUT2D eigenvalue weighted by Crippen LogP contribution is -2.25. The van der Waals surface area contributed by atoms with Crippen molar-refractivity contribution in [3.63, 3.8) is 0 Å². The van der Waals surface area contributed by atoms with Crippen molar-refractivity contribution in [1.82, 2.24) is 10.3 Å². The Morgan fingerprint density at radius 3 is 2.62 bits per heavy atom. The number of hydrogen-bond donors (Lipinski definition) is 1. The molecule has 3 aromatic heterocycles. The molecule has 4 nitrogen and oxygen atoms in total. The van der Waals surface area contributed by atoms with Crippen molar-refractivity contribution in [1.29, 1.82) is 0 Å². The van der Waals surface area contributed by atoms with Gasteiger partial charge in [0.1, 0.15) is 0 Å². The van der Waals surface area contributed by atoms with Gasteiger partial charge in [-0.25, -0.2) is 4.98 Å². The molecule has 0 saturated carbocycles. The number of rotatable bonds is 8. The van der Waals surface area contributed by atoms with Gasteiger partial charge in [0.25, 0.3) is 0 Å². The molecule has 0 unspecified atom stereocenters. The minimum atomic E-state index is -0.0708. The molecule has 0 spiro atoms. The SMILES string of the molecule is Cc1ccc(C(=O)CCC(=O)NCCc2ccc(-c3csc(C)n3)s2)s1. The third-order valence-corrected chi connectivity index (χ3v) is 6.80. The molecular formula is C19H20N2O2S3. The summed E-state index contributed by atoms with van der Waals surface area (Å²) in [4.78, 5) is 32.7. The quantitative estimate of drug-likeness (QED) is 0.545. The Morgan fingerprint density at radius 1 is 1.08 bits per heavy atom. The van der Waals surface area contributed by atoms with E-state index in [0.29, 0.717) is 6.54 Å². The summed E-state index contributed by atoms with van der Waals surface area (Å²) >= 11 is 4.84. The van der Waals surface area contributed by atoms with Gasteiger partial charge in [-0.3, -0.25) is 9.59 Å². The van der Waals surface area contributed by atoms with Crippen molar-refractivity contribution in [2.75, 3.05) is 6.54 Å². The van der Waals surface area contributed by atoms with Crippen LogP contribution in [0.2, 0.25) is 0 Å². The van der Waals surface area contributed by atoms with E-state index in [1.165, 1.54) is 16.2 Å². The number of nitrogens with one attached hydrogen (secondary N) is 1. The van der Waals surface area contributed by atoms with E-state index >= 15 is 0 Å². The zero-order valence-corrected chi connectivity index (χ0v) is 17.2. The standard InChI is InChI=1S/C19H20N2O2S3/c1-12-3-6-18(25-12)16(22)5-8-19(23)20-10-9-14-4-7-17(26-14)15-11-24-13(2)21-15/h3-4,6-7,11H,5,8-10H2,1-2H3,(H,20,23). The maximum absolute atomic E-state index is 12.0. The number of aryl methyl sites for hydroxylation is 2. The van der Waals surface area contributed by atoms with Crippen LogP contribution in [0, 0.1) is 13.8 Å². The maximum Gasteiger partial charge on any atom is 0.220 e. The van der Waals surface area contributed by atoms with Crippen LogP contribution < -0.4 is 5.32 Å². The molecule has 3 aromatic rings. The number of carbonyl (C=O) groups is 2. The van der Waals surface area contributed by atoms with Crippen LogP contribution in [0.15, 0.2) is 29.6 Å². The first-order chi connectivity index (χ1) is 12.5. The van der Waals surface area contributed by atoms with Crippen LogP contribution in [0.25, 0.3) is 10.6 Å². The van der Waals surface area contributed by atoms with Crippen molar-refractivity contribution < 1.29 is 9.59 Å². The molecule has 26 heavy (non-hydrogen) atoms. The molecule has 136 valence electrons. The molecule has 1 amide bonds. The van der Waals surface area contributed by atoms with Crippen LogP contribution in [-0.2, 0) is 11.2 Å². The van der Waals surface area contributed by atoms with Crippen LogP contribution >= 0.6 is 34.0 Å². The summed E-state index contributed by atoms with van der Waals surface area (Å²) in [6, 6.07) is 7.93. The summed E-state index contributed by atoms with van der Waals surface area (Å²) in [7, 11) is 0.